The number of rotatable bonds is 4. The lowest BCUT2D eigenvalue weighted by Crippen LogP contribution is -2.44. The number of benzene rings is 1. The number of nitrogens with two attached hydrogens (primary N) is 1. The molecule has 27 heavy (non-hydrogen) atoms. The van der Waals surface area contributed by atoms with E-state index in [9.17, 15) is 9.59 Å². The lowest BCUT2D eigenvalue weighted by Gasteiger charge is -2.31. The Morgan fingerprint density at radius 2 is 1.59 bits per heavy atom. The Labute approximate surface area is 165 Å². The van der Waals surface area contributed by atoms with Crippen LogP contribution in [0.1, 0.15) is 63.9 Å². The first-order valence-electron chi connectivity index (χ1n) is 9.36. The summed E-state index contributed by atoms with van der Waals surface area (Å²) in [5.74, 6) is 2.21. The number of carbonyl (C=O) groups excluding carboxylic acids is 2. The van der Waals surface area contributed by atoms with Crippen LogP contribution in [0.4, 0.5) is 0 Å². The van der Waals surface area contributed by atoms with E-state index in [4.69, 9.17) is 5.73 Å². The minimum absolute atomic E-state index is 0.0180. The van der Waals surface area contributed by atoms with Crippen molar-refractivity contribution in [2.75, 3.05) is 0 Å². The van der Waals surface area contributed by atoms with Gasteiger partial charge in [0.15, 0.2) is 0 Å². The molecular formula is C22H34N2O2Si. The van der Waals surface area contributed by atoms with Crippen LogP contribution in [-0.4, -0.2) is 25.9 Å². The molecule has 2 amide bonds. The van der Waals surface area contributed by atoms with Crippen molar-refractivity contribution < 1.29 is 9.59 Å². The molecule has 0 aliphatic heterocycles. The largest absolute Gasteiger partial charge is 0.368 e. The van der Waals surface area contributed by atoms with Gasteiger partial charge in [0.2, 0.25) is 5.91 Å². The van der Waals surface area contributed by atoms with Crippen molar-refractivity contribution in [1.82, 2.24) is 5.32 Å². The Kier molecular flexibility index (Phi) is 7.07. The van der Waals surface area contributed by atoms with E-state index in [0.29, 0.717) is 5.56 Å². The van der Waals surface area contributed by atoms with Crippen molar-refractivity contribution >= 4 is 19.9 Å². The number of amides is 2. The zero-order valence-electron chi connectivity index (χ0n) is 18.0. The highest BCUT2D eigenvalue weighted by molar-refractivity contribution is 6.87. The van der Waals surface area contributed by atoms with E-state index in [1.54, 1.807) is 12.1 Å². The van der Waals surface area contributed by atoms with Crippen LogP contribution < -0.4 is 11.1 Å². The first-order chi connectivity index (χ1) is 12.1. The molecule has 1 atom stereocenters. The van der Waals surface area contributed by atoms with Crippen LogP contribution in [0.15, 0.2) is 24.3 Å². The molecular weight excluding hydrogens is 352 g/mol. The molecule has 1 aromatic carbocycles. The Balaban J connectivity index is 2.87. The Bertz CT molecular complexity index is 742. The summed E-state index contributed by atoms with van der Waals surface area (Å²) in [5, 5.41) is 2.85. The molecule has 0 aliphatic carbocycles. The van der Waals surface area contributed by atoms with Crippen LogP contribution >= 0.6 is 0 Å². The van der Waals surface area contributed by atoms with Gasteiger partial charge in [0.25, 0.3) is 5.91 Å². The van der Waals surface area contributed by atoms with Gasteiger partial charge in [0.1, 0.15) is 14.1 Å². The van der Waals surface area contributed by atoms with Crippen molar-refractivity contribution in [1.29, 1.82) is 0 Å². The monoisotopic (exact) mass is 386 g/mol. The van der Waals surface area contributed by atoms with Crippen LogP contribution in [0.5, 0.6) is 0 Å². The normalized spacial score (nSPS) is 13.3. The van der Waals surface area contributed by atoms with Gasteiger partial charge in [0.05, 0.1) is 0 Å². The van der Waals surface area contributed by atoms with Crippen LogP contribution in [0.25, 0.3) is 0 Å². The number of primary amides is 1. The predicted molar refractivity (Wildman–Crippen MR) is 115 cm³/mol. The molecule has 0 aromatic heterocycles. The molecule has 0 radical (unpaired) electrons. The highest BCUT2D eigenvalue weighted by Crippen LogP contribution is 2.35. The quantitative estimate of drug-likeness (QED) is 0.606. The topological polar surface area (TPSA) is 72.2 Å². The van der Waals surface area contributed by atoms with Crippen LogP contribution in [-0.2, 0) is 10.2 Å². The Hall–Kier alpha value is -2.06. The van der Waals surface area contributed by atoms with E-state index in [0.717, 1.165) is 5.56 Å². The molecule has 0 unspecified atom stereocenters. The Morgan fingerprint density at radius 3 is 2.00 bits per heavy atom. The summed E-state index contributed by atoms with van der Waals surface area (Å²) in [6, 6.07) is 6.62. The first-order valence-corrected chi connectivity index (χ1v) is 12.4. The summed E-state index contributed by atoms with van der Waals surface area (Å²) in [4.78, 5) is 24.2. The lowest BCUT2D eigenvalue weighted by atomic mass is 9.86. The number of hydrogen-bond acceptors (Lipinski definition) is 2. The molecule has 0 fully saturated rings. The summed E-state index contributed by atoms with van der Waals surface area (Å²) in [6.07, 6.45) is 0.230. The lowest BCUT2D eigenvalue weighted by molar-refractivity contribution is -0.119. The second kappa shape index (κ2) is 8.31. The molecule has 3 N–H and O–H groups in total. The number of hydrogen-bond donors (Lipinski definition) is 2. The van der Waals surface area contributed by atoms with Gasteiger partial charge in [-0.3, -0.25) is 9.59 Å². The summed E-state index contributed by atoms with van der Waals surface area (Å²) in [7, 11) is -1.76. The molecule has 0 heterocycles. The van der Waals surface area contributed by atoms with Crippen LogP contribution in [0.3, 0.4) is 0 Å². The highest BCUT2D eigenvalue weighted by atomic mass is 28.3. The molecule has 0 spiro atoms. The third-order valence-corrected chi connectivity index (χ3v) is 9.80. The molecule has 0 saturated carbocycles. The highest BCUT2D eigenvalue weighted by Gasteiger charge is 2.33. The van der Waals surface area contributed by atoms with Gasteiger partial charge in [-0.25, -0.2) is 0 Å². The average Bonchev–Trinajstić information content (AvgIpc) is 2.51. The second-order valence-corrected chi connectivity index (χ2v) is 14.6. The predicted octanol–water partition coefficient (Wildman–Crippen LogP) is 4.01. The molecule has 148 valence electrons. The zero-order valence-corrected chi connectivity index (χ0v) is 19.0. The molecule has 1 rings (SSSR count). The molecule has 1 aromatic rings. The maximum Gasteiger partial charge on any atom is 0.251 e. The van der Waals surface area contributed by atoms with E-state index in [1.165, 1.54) is 0 Å². The van der Waals surface area contributed by atoms with E-state index >= 15 is 0 Å². The maximum absolute atomic E-state index is 12.5. The minimum Gasteiger partial charge on any atom is -0.368 e. The SMILES string of the molecule is CC(C)(C)c1ccc(C(=O)N[C@@H](CC#C[Si](C)(C)C(C)(C)C)C(N)=O)cc1. The van der Waals surface area contributed by atoms with Gasteiger partial charge >= 0.3 is 0 Å². The zero-order chi connectivity index (χ0) is 21.0. The fourth-order valence-corrected chi connectivity index (χ4v) is 3.07. The maximum atomic E-state index is 12.5. The molecule has 0 aliphatic rings. The fraction of sp³-hybridized carbons (Fsp3) is 0.545. The smallest absolute Gasteiger partial charge is 0.251 e. The third-order valence-electron chi connectivity index (χ3n) is 5.24. The van der Waals surface area contributed by atoms with Crippen molar-refractivity contribution in [2.24, 2.45) is 5.73 Å². The summed E-state index contributed by atoms with van der Waals surface area (Å²) >= 11 is 0. The van der Waals surface area contributed by atoms with Gasteiger partial charge in [-0.15, -0.1) is 11.5 Å². The molecule has 0 saturated heterocycles. The van der Waals surface area contributed by atoms with Crippen molar-refractivity contribution in [3.8, 4) is 11.5 Å². The molecule has 0 bridgehead atoms. The van der Waals surface area contributed by atoms with Crippen LogP contribution in [0, 0.1) is 11.5 Å². The minimum atomic E-state index is -1.76. The van der Waals surface area contributed by atoms with Gasteiger partial charge in [-0.05, 0) is 28.1 Å². The second-order valence-electron chi connectivity index (χ2n) is 9.64. The number of nitrogens with one attached hydrogen (secondary N) is 1. The Morgan fingerprint density at radius 1 is 1.07 bits per heavy atom. The van der Waals surface area contributed by atoms with Gasteiger partial charge < -0.3 is 11.1 Å². The molecule has 4 nitrogen and oxygen atoms in total. The number of carbonyl (C=O) groups is 2. The van der Waals surface area contributed by atoms with E-state index in [-0.39, 0.29) is 22.8 Å². The summed E-state index contributed by atoms with van der Waals surface area (Å²) in [5.41, 5.74) is 10.5. The summed E-state index contributed by atoms with van der Waals surface area (Å²) in [6.45, 7) is 17.3. The summed E-state index contributed by atoms with van der Waals surface area (Å²) < 4.78 is 0. The van der Waals surface area contributed by atoms with Crippen LogP contribution in [0.2, 0.25) is 18.1 Å². The average molecular weight is 387 g/mol. The van der Waals surface area contributed by atoms with E-state index in [1.807, 2.05) is 12.1 Å². The van der Waals surface area contributed by atoms with Crippen molar-refractivity contribution in [2.45, 2.75) is 77.6 Å². The fourth-order valence-electron chi connectivity index (χ4n) is 2.15. The third kappa shape index (κ3) is 6.55. The first kappa shape index (κ1) is 23.0. The van der Waals surface area contributed by atoms with E-state index in [2.05, 4.69) is 71.4 Å². The van der Waals surface area contributed by atoms with Crippen molar-refractivity contribution in [3.63, 3.8) is 0 Å². The van der Waals surface area contributed by atoms with Gasteiger partial charge in [-0.2, -0.15) is 0 Å². The van der Waals surface area contributed by atoms with Gasteiger partial charge in [-0.1, -0.05) is 66.8 Å². The van der Waals surface area contributed by atoms with E-state index < -0.39 is 20.0 Å². The molecule has 5 heteroatoms. The standard InChI is InChI=1S/C22H34N2O2Si/c1-21(2,3)17-13-11-16(12-14-17)20(26)24-18(19(23)25)10-9-15-27(7,8)22(4,5)6/h11-14,18H,10H2,1-8H3,(H2,23,25)(H,24,26)/t18-/m0/s1. The van der Waals surface area contributed by atoms with Crippen molar-refractivity contribution in [3.05, 3.63) is 35.4 Å². The van der Waals surface area contributed by atoms with Gasteiger partial charge in [0, 0.05) is 12.0 Å².